The number of carbonyl (C=O) groups excluding carboxylic acids is 1. The van der Waals surface area contributed by atoms with Gasteiger partial charge < -0.3 is 19.4 Å². The van der Waals surface area contributed by atoms with Crippen molar-refractivity contribution >= 4 is 28.5 Å². The SMILES string of the molecule is Cc1cc(=O)oc2cc(OCC(=O)NCCCN(C)C)c(Cl)cc12. The van der Waals surface area contributed by atoms with Crippen LogP contribution < -0.4 is 15.7 Å². The van der Waals surface area contributed by atoms with Crippen LogP contribution in [-0.4, -0.2) is 44.6 Å². The number of benzene rings is 1. The molecule has 0 aliphatic heterocycles. The second kappa shape index (κ2) is 8.17. The van der Waals surface area contributed by atoms with Gasteiger partial charge in [-0.15, -0.1) is 0 Å². The molecule has 0 fully saturated rings. The summed E-state index contributed by atoms with van der Waals surface area (Å²) in [5, 5.41) is 3.87. The van der Waals surface area contributed by atoms with Crippen LogP contribution in [0.2, 0.25) is 5.02 Å². The van der Waals surface area contributed by atoms with E-state index in [9.17, 15) is 9.59 Å². The zero-order valence-corrected chi connectivity index (χ0v) is 14.8. The summed E-state index contributed by atoms with van der Waals surface area (Å²) in [6.45, 7) is 3.14. The average Bonchev–Trinajstić information content (AvgIpc) is 2.50. The van der Waals surface area contributed by atoms with Crippen molar-refractivity contribution in [1.29, 1.82) is 0 Å². The van der Waals surface area contributed by atoms with Crippen molar-refractivity contribution in [3.8, 4) is 5.75 Å². The molecular weight excluding hydrogens is 332 g/mol. The Balaban J connectivity index is 1.98. The number of nitrogens with one attached hydrogen (secondary N) is 1. The summed E-state index contributed by atoms with van der Waals surface area (Å²) in [7, 11) is 3.96. The molecule has 6 nitrogen and oxygen atoms in total. The topological polar surface area (TPSA) is 71.8 Å². The number of aryl methyl sites for hydroxylation is 1. The molecule has 0 atom stereocenters. The molecule has 0 unspecified atom stereocenters. The zero-order chi connectivity index (χ0) is 17.7. The molecular formula is C17H21ClN2O4. The molecule has 0 saturated carbocycles. The second-order valence-corrected chi connectivity index (χ2v) is 6.23. The van der Waals surface area contributed by atoms with Crippen LogP contribution in [0, 0.1) is 6.92 Å². The number of rotatable bonds is 7. The van der Waals surface area contributed by atoms with Gasteiger partial charge in [-0.2, -0.15) is 0 Å². The molecule has 0 bridgehead atoms. The molecule has 2 aromatic rings. The number of halogens is 1. The number of nitrogens with zero attached hydrogens (tertiary/aromatic N) is 1. The molecule has 0 spiro atoms. The Kier molecular flexibility index (Phi) is 6.23. The molecule has 1 N–H and O–H groups in total. The molecule has 1 aromatic carbocycles. The number of carbonyl (C=O) groups is 1. The van der Waals surface area contributed by atoms with Gasteiger partial charge in [-0.1, -0.05) is 11.6 Å². The average molecular weight is 353 g/mol. The molecule has 0 saturated heterocycles. The first kappa shape index (κ1) is 18.3. The van der Waals surface area contributed by atoms with Crippen LogP contribution in [0.3, 0.4) is 0 Å². The molecule has 0 aliphatic rings. The lowest BCUT2D eigenvalue weighted by Gasteiger charge is -2.11. The van der Waals surface area contributed by atoms with Gasteiger partial charge in [0.2, 0.25) is 0 Å². The van der Waals surface area contributed by atoms with E-state index >= 15 is 0 Å². The Morgan fingerprint density at radius 2 is 2.08 bits per heavy atom. The van der Waals surface area contributed by atoms with Crippen LogP contribution in [-0.2, 0) is 4.79 Å². The van der Waals surface area contributed by atoms with Crippen molar-refractivity contribution in [2.45, 2.75) is 13.3 Å². The normalized spacial score (nSPS) is 11.0. The van der Waals surface area contributed by atoms with E-state index in [2.05, 4.69) is 5.32 Å². The first-order chi connectivity index (χ1) is 11.4. The highest BCUT2D eigenvalue weighted by atomic mass is 35.5. The van der Waals surface area contributed by atoms with Gasteiger partial charge >= 0.3 is 5.63 Å². The van der Waals surface area contributed by atoms with Gasteiger partial charge in [0, 0.05) is 24.1 Å². The fourth-order valence-electron chi connectivity index (χ4n) is 2.25. The summed E-state index contributed by atoms with van der Waals surface area (Å²) in [5.41, 5.74) is 0.714. The lowest BCUT2D eigenvalue weighted by Crippen LogP contribution is -2.31. The zero-order valence-electron chi connectivity index (χ0n) is 14.0. The van der Waals surface area contributed by atoms with Gasteiger partial charge in [0.15, 0.2) is 6.61 Å². The van der Waals surface area contributed by atoms with Crippen LogP contribution in [0.25, 0.3) is 11.0 Å². The third kappa shape index (κ3) is 4.97. The second-order valence-electron chi connectivity index (χ2n) is 5.82. The van der Waals surface area contributed by atoms with E-state index < -0.39 is 5.63 Å². The maximum Gasteiger partial charge on any atom is 0.336 e. The van der Waals surface area contributed by atoms with Gasteiger partial charge in [0.05, 0.1) is 5.02 Å². The van der Waals surface area contributed by atoms with E-state index in [0.29, 0.717) is 22.9 Å². The van der Waals surface area contributed by atoms with Crippen molar-refractivity contribution in [2.24, 2.45) is 0 Å². The summed E-state index contributed by atoms with van der Waals surface area (Å²) in [6, 6.07) is 4.60. The third-order valence-electron chi connectivity index (χ3n) is 3.47. The quantitative estimate of drug-likeness (QED) is 0.611. The minimum Gasteiger partial charge on any atom is -0.482 e. The Bertz CT molecular complexity index is 786. The smallest absolute Gasteiger partial charge is 0.336 e. The Labute approximate surface area is 145 Å². The maximum absolute atomic E-state index is 11.8. The Morgan fingerprint density at radius 3 is 2.79 bits per heavy atom. The molecule has 24 heavy (non-hydrogen) atoms. The van der Waals surface area contributed by atoms with Gasteiger partial charge in [-0.05, 0) is 45.6 Å². The molecule has 2 rings (SSSR count). The highest BCUT2D eigenvalue weighted by Gasteiger charge is 2.11. The summed E-state index contributed by atoms with van der Waals surface area (Å²) in [4.78, 5) is 25.3. The van der Waals surface area contributed by atoms with Crippen LogP contribution in [0.4, 0.5) is 0 Å². The maximum atomic E-state index is 11.8. The van der Waals surface area contributed by atoms with E-state index in [1.807, 2.05) is 19.0 Å². The Morgan fingerprint density at radius 1 is 1.33 bits per heavy atom. The van der Waals surface area contributed by atoms with E-state index in [1.54, 1.807) is 13.0 Å². The Hall–Kier alpha value is -2.05. The third-order valence-corrected chi connectivity index (χ3v) is 3.76. The lowest BCUT2D eigenvalue weighted by molar-refractivity contribution is -0.123. The standard InChI is InChI=1S/C17H21ClN2O4/c1-11-7-17(22)24-14-9-15(13(18)8-12(11)14)23-10-16(21)19-5-4-6-20(2)3/h7-9H,4-6,10H2,1-3H3,(H,19,21). The van der Waals surface area contributed by atoms with Gasteiger partial charge in [-0.3, -0.25) is 4.79 Å². The lowest BCUT2D eigenvalue weighted by atomic mass is 10.1. The van der Waals surface area contributed by atoms with Gasteiger partial charge in [0.25, 0.3) is 5.91 Å². The summed E-state index contributed by atoms with van der Waals surface area (Å²) >= 11 is 6.18. The first-order valence-electron chi connectivity index (χ1n) is 7.65. The van der Waals surface area contributed by atoms with Crippen LogP contribution in [0.1, 0.15) is 12.0 Å². The molecule has 0 aliphatic carbocycles. The predicted octanol–water partition coefficient (Wildman–Crippen LogP) is 2.20. The van der Waals surface area contributed by atoms with E-state index in [4.69, 9.17) is 20.8 Å². The van der Waals surface area contributed by atoms with Crippen molar-refractivity contribution in [3.63, 3.8) is 0 Å². The van der Waals surface area contributed by atoms with Crippen molar-refractivity contribution < 1.29 is 13.9 Å². The molecule has 1 heterocycles. The van der Waals surface area contributed by atoms with E-state index in [0.717, 1.165) is 23.9 Å². The molecule has 130 valence electrons. The monoisotopic (exact) mass is 352 g/mol. The van der Waals surface area contributed by atoms with Gasteiger partial charge in [0.1, 0.15) is 11.3 Å². The fourth-order valence-corrected chi connectivity index (χ4v) is 2.47. The summed E-state index contributed by atoms with van der Waals surface area (Å²) in [5.74, 6) is 0.0805. The van der Waals surface area contributed by atoms with E-state index in [1.165, 1.54) is 12.1 Å². The number of hydrogen-bond donors (Lipinski definition) is 1. The fraction of sp³-hybridized carbons (Fsp3) is 0.412. The molecule has 0 radical (unpaired) electrons. The van der Waals surface area contributed by atoms with Crippen LogP contribution in [0.5, 0.6) is 5.75 Å². The van der Waals surface area contributed by atoms with Crippen molar-refractivity contribution in [3.05, 3.63) is 39.2 Å². The molecule has 7 heteroatoms. The summed E-state index contributed by atoms with van der Waals surface area (Å²) < 4.78 is 10.6. The summed E-state index contributed by atoms with van der Waals surface area (Å²) in [6.07, 6.45) is 0.861. The van der Waals surface area contributed by atoms with Crippen molar-refractivity contribution in [1.82, 2.24) is 10.2 Å². The number of fused-ring (bicyclic) bond motifs is 1. The predicted molar refractivity (Wildman–Crippen MR) is 93.9 cm³/mol. The first-order valence-corrected chi connectivity index (χ1v) is 8.03. The minimum absolute atomic E-state index is 0.150. The highest BCUT2D eigenvalue weighted by Crippen LogP contribution is 2.30. The number of hydrogen-bond acceptors (Lipinski definition) is 5. The van der Waals surface area contributed by atoms with Crippen LogP contribution >= 0.6 is 11.6 Å². The number of amides is 1. The molecule has 1 aromatic heterocycles. The van der Waals surface area contributed by atoms with Gasteiger partial charge in [-0.25, -0.2) is 4.79 Å². The molecule has 1 amide bonds. The largest absolute Gasteiger partial charge is 0.482 e. The van der Waals surface area contributed by atoms with Crippen molar-refractivity contribution in [2.75, 3.05) is 33.8 Å². The van der Waals surface area contributed by atoms with E-state index in [-0.39, 0.29) is 12.5 Å². The number of ether oxygens (including phenoxy) is 1. The highest BCUT2D eigenvalue weighted by molar-refractivity contribution is 6.32. The van der Waals surface area contributed by atoms with Crippen LogP contribution in [0.15, 0.2) is 27.4 Å². The minimum atomic E-state index is -0.438.